The average molecular weight is 279 g/mol. The lowest BCUT2D eigenvalue weighted by molar-refractivity contribution is 0.101. The number of hydrogen-bond acceptors (Lipinski definition) is 4. The number of carbonyl (C=O) groups excluding carboxylic acids is 1. The molecule has 1 N–H and O–H groups in total. The number of fused-ring (bicyclic) bond motifs is 1. The number of carbonyl (C=O) groups is 1. The van der Waals surface area contributed by atoms with Gasteiger partial charge in [0.15, 0.2) is 5.78 Å². The van der Waals surface area contributed by atoms with Crippen LogP contribution in [0.2, 0.25) is 0 Å². The third-order valence-electron chi connectivity index (χ3n) is 3.22. The van der Waals surface area contributed by atoms with Gasteiger partial charge in [-0.2, -0.15) is 0 Å². The minimum absolute atomic E-state index is 0.0207. The summed E-state index contributed by atoms with van der Waals surface area (Å²) in [5, 5.41) is 4.01. The fourth-order valence-corrected chi connectivity index (χ4v) is 2.16. The van der Waals surface area contributed by atoms with Gasteiger partial charge in [-0.1, -0.05) is 12.1 Å². The molecule has 0 amide bonds. The summed E-state index contributed by atoms with van der Waals surface area (Å²) in [5.74, 6) is 0.0207. The van der Waals surface area contributed by atoms with Crippen LogP contribution in [0.1, 0.15) is 17.3 Å². The maximum atomic E-state index is 11.6. The van der Waals surface area contributed by atoms with E-state index in [1.54, 1.807) is 30.3 Å². The first-order valence-electron chi connectivity index (χ1n) is 6.54. The van der Waals surface area contributed by atoms with Crippen molar-refractivity contribution in [1.82, 2.24) is 0 Å². The van der Waals surface area contributed by atoms with E-state index in [0.717, 1.165) is 11.1 Å². The molecule has 0 aliphatic heterocycles. The van der Waals surface area contributed by atoms with E-state index < -0.39 is 5.63 Å². The van der Waals surface area contributed by atoms with Crippen molar-refractivity contribution in [3.63, 3.8) is 0 Å². The predicted octanol–water partition coefficient (Wildman–Crippen LogP) is 3.74. The second-order valence-corrected chi connectivity index (χ2v) is 4.73. The van der Waals surface area contributed by atoms with Crippen molar-refractivity contribution >= 4 is 28.1 Å². The van der Waals surface area contributed by atoms with Gasteiger partial charge in [0.1, 0.15) is 5.58 Å². The Morgan fingerprint density at radius 2 is 1.76 bits per heavy atom. The highest BCUT2D eigenvalue weighted by Crippen LogP contribution is 2.24. The van der Waals surface area contributed by atoms with Crippen molar-refractivity contribution in [2.24, 2.45) is 0 Å². The van der Waals surface area contributed by atoms with Crippen LogP contribution in [0.4, 0.5) is 11.4 Å². The largest absolute Gasteiger partial charge is 0.423 e. The maximum Gasteiger partial charge on any atom is 0.338 e. The molecule has 1 heterocycles. The first-order chi connectivity index (χ1) is 10.1. The Morgan fingerprint density at radius 3 is 2.48 bits per heavy atom. The summed E-state index contributed by atoms with van der Waals surface area (Å²) in [6.45, 7) is 1.53. The van der Waals surface area contributed by atoms with Crippen molar-refractivity contribution in [3.8, 4) is 0 Å². The van der Waals surface area contributed by atoms with Crippen LogP contribution in [-0.4, -0.2) is 5.78 Å². The number of para-hydroxylation sites is 1. The van der Waals surface area contributed by atoms with Crippen molar-refractivity contribution in [2.45, 2.75) is 6.92 Å². The van der Waals surface area contributed by atoms with Crippen LogP contribution in [0.3, 0.4) is 0 Å². The third-order valence-corrected chi connectivity index (χ3v) is 3.22. The van der Waals surface area contributed by atoms with Crippen molar-refractivity contribution in [3.05, 3.63) is 70.6 Å². The van der Waals surface area contributed by atoms with Gasteiger partial charge in [-0.15, -0.1) is 0 Å². The summed E-state index contributed by atoms with van der Waals surface area (Å²) >= 11 is 0. The predicted molar refractivity (Wildman–Crippen MR) is 82.2 cm³/mol. The fourth-order valence-electron chi connectivity index (χ4n) is 2.16. The molecule has 0 unspecified atom stereocenters. The quantitative estimate of drug-likeness (QED) is 0.586. The molecule has 2 aromatic carbocycles. The number of Topliss-reactive ketones (excluding diaryl/α,β-unsaturated/α-hetero) is 1. The van der Waals surface area contributed by atoms with E-state index in [4.69, 9.17) is 4.42 Å². The second-order valence-electron chi connectivity index (χ2n) is 4.73. The van der Waals surface area contributed by atoms with Gasteiger partial charge >= 0.3 is 5.63 Å². The zero-order valence-electron chi connectivity index (χ0n) is 11.4. The molecule has 3 rings (SSSR count). The van der Waals surface area contributed by atoms with Gasteiger partial charge in [0.25, 0.3) is 0 Å². The van der Waals surface area contributed by atoms with Gasteiger partial charge in [0, 0.05) is 22.7 Å². The molecule has 0 saturated heterocycles. The monoisotopic (exact) mass is 279 g/mol. The van der Waals surface area contributed by atoms with Crippen molar-refractivity contribution in [2.75, 3.05) is 5.32 Å². The molecule has 0 aliphatic carbocycles. The number of benzene rings is 2. The molecular weight excluding hydrogens is 266 g/mol. The molecule has 4 nitrogen and oxygen atoms in total. The molecule has 0 bridgehead atoms. The van der Waals surface area contributed by atoms with Crippen LogP contribution in [0, 0.1) is 0 Å². The number of anilines is 2. The van der Waals surface area contributed by atoms with Gasteiger partial charge in [0.2, 0.25) is 0 Å². The number of ketones is 1. The van der Waals surface area contributed by atoms with Gasteiger partial charge in [-0.05, 0) is 43.3 Å². The Morgan fingerprint density at radius 1 is 1.05 bits per heavy atom. The lowest BCUT2D eigenvalue weighted by atomic mass is 10.1. The van der Waals surface area contributed by atoms with Gasteiger partial charge < -0.3 is 9.73 Å². The topological polar surface area (TPSA) is 59.3 Å². The van der Waals surface area contributed by atoms with E-state index in [0.29, 0.717) is 16.8 Å². The molecule has 0 saturated carbocycles. The summed E-state index contributed by atoms with van der Waals surface area (Å²) in [6, 6.07) is 15.9. The van der Waals surface area contributed by atoms with Gasteiger partial charge in [-0.3, -0.25) is 4.79 Å². The van der Waals surface area contributed by atoms with E-state index in [1.165, 1.54) is 13.0 Å². The Labute approximate surface area is 121 Å². The molecule has 4 heteroatoms. The Balaban J connectivity index is 2.01. The summed E-state index contributed by atoms with van der Waals surface area (Å²) in [6.07, 6.45) is 0. The van der Waals surface area contributed by atoms with Crippen LogP contribution in [0.25, 0.3) is 11.0 Å². The number of nitrogens with one attached hydrogen (secondary N) is 1. The lowest BCUT2D eigenvalue weighted by Crippen LogP contribution is -2.01. The third kappa shape index (κ3) is 2.69. The molecule has 21 heavy (non-hydrogen) atoms. The maximum absolute atomic E-state index is 11.6. The van der Waals surface area contributed by atoms with Crippen LogP contribution >= 0.6 is 0 Å². The molecule has 104 valence electrons. The molecule has 0 fully saturated rings. The van der Waals surface area contributed by atoms with E-state index in [-0.39, 0.29) is 5.78 Å². The zero-order valence-corrected chi connectivity index (χ0v) is 11.4. The molecule has 0 atom stereocenters. The fraction of sp³-hybridized carbons (Fsp3) is 0.0588. The van der Waals surface area contributed by atoms with Crippen molar-refractivity contribution in [1.29, 1.82) is 0 Å². The minimum Gasteiger partial charge on any atom is -0.423 e. The molecule has 0 radical (unpaired) electrons. The molecule has 1 aromatic heterocycles. The van der Waals surface area contributed by atoms with E-state index in [2.05, 4.69) is 5.32 Å². The van der Waals surface area contributed by atoms with Crippen LogP contribution in [0.15, 0.2) is 63.8 Å². The van der Waals surface area contributed by atoms with Crippen LogP contribution < -0.4 is 10.9 Å². The molecular formula is C17H13NO3. The van der Waals surface area contributed by atoms with E-state index in [1.807, 2.05) is 18.2 Å². The minimum atomic E-state index is -0.406. The van der Waals surface area contributed by atoms with Gasteiger partial charge in [0.05, 0.1) is 5.69 Å². The SMILES string of the molecule is CC(=O)c1ccc(Nc2cc(=O)oc3ccccc23)cc1. The Hall–Kier alpha value is -2.88. The standard InChI is InChI=1S/C17H13NO3/c1-11(19)12-6-8-13(9-7-12)18-15-10-17(20)21-16-5-3-2-4-14(15)16/h2-10,18H,1H3. The highest BCUT2D eigenvalue weighted by Gasteiger charge is 2.05. The average Bonchev–Trinajstić information content (AvgIpc) is 2.47. The van der Waals surface area contributed by atoms with Crippen LogP contribution in [-0.2, 0) is 0 Å². The number of rotatable bonds is 3. The Kier molecular flexibility index (Phi) is 3.28. The highest BCUT2D eigenvalue weighted by atomic mass is 16.4. The Bertz CT molecular complexity index is 863. The smallest absolute Gasteiger partial charge is 0.338 e. The normalized spacial score (nSPS) is 10.5. The first-order valence-corrected chi connectivity index (χ1v) is 6.54. The lowest BCUT2D eigenvalue weighted by Gasteiger charge is -2.09. The summed E-state index contributed by atoms with van der Waals surface area (Å²) in [4.78, 5) is 22.8. The zero-order chi connectivity index (χ0) is 14.8. The van der Waals surface area contributed by atoms with E-state index in [9.17, 15) is 9.59 Å². The summed E-state index contributed by atoms with van der Waals surface area (Å²) in [5.41, 5.74) is 2.26. The second kappa shape index (κ2) is 5.25. The molecule has 0 aliphatic rings. The first kappa shape index (κ1) is 13.1. The van der Waals surface area contributed by atoms with Gasteiger partial charge in [-0.25, -0.2) is 4.79 Å². The van der Waals surface area contributed by atoms with E-state index >= 15 is 0 Å². The summed E-state index contributed by atoms with van der Waals surface area (Å²) in [7, 11) is 0. The summed E-state index contributed by atoms with van der Waals surface area (Å²) < 4.78 is 5.15. The molecule has 3 aromatic rings. The van der Waals surface area contributed by atoms with Crippen LogP contribution in [0.5, 0.6) is 0 Å². The van der Waals surface area contributed by atoms with Crippen molar-refractivity contribution < 1.29 is 9.21 Å². The molecule has 0 spiro atoms. The highest BCUT2D eigenvalue weighted by molar-refractivity contribution is 5.95. The number of hydrogen-bond donors (Lipinski definition) is 1.